The zero-order chi connectivity index (χ0) is 18.8. The van der Waals surface area contributed by atoms with E-state index in [2.05, 4.69) is 26.1 Å². The second-order valence-electron chi connectivity index (χ2n) is 6.14. The van der Waals surface area contributed by atoms with Gasteiger partial charge >= 0.3 is 0 Å². The van der Waals surface area contributed by atoms with Crippen molar-refractivity contribution in [3.05, 3.63) is 82.4 Å². The molecule has 5 nitrogen and oxygen atoms in total. The second-order valence-corrected chi connectivity index (χ2v) is 6.52. The normalized spacial score (nSPS) is 11.1. The smallest absolute Gasteiger partial charge is 0.217 e. The average Bonchev–Trinajstić information content (AvgIpc) is 3.08. The van der Waals surface area contributed by atoms with Crippen LogP contribution in [0.2, 0.25) is 5.15 Å². The van der Waals surface area contributed by atoms with Gasteiger partial charge in [-0.1, -0.05) is 17.7 Å². The van der Waals surface area contributed by atoms with Crippen LogP contribution in [0.4, 0.5) is 4.39 Å². The van der Waals surface area contributed by atoms with Crippen LogP contribution in [0.1, 0.15) is 22.3 Å². The topological polar surface area (TPSA) is 63.7 Å². The molecule has 4 aromatic rings. The number of aromatic nitrogens is 4. The van der Waals surface area contributed by atoms with E-state index in [-0.39, 0.29) is 0 Å². The van der Waals surface area contributed by atoms with Crippen LogP contribution in [0, 0.1) is 12.1 Å². The molecule has 0 unspecified atom stereocenters. The molecule has 4 heterocycles. The molecule has 4 aromatic heterocycles. The summed E-state index contributed by atoms with van der Waals surface area (Å²) in [4.78, 5) is 15.3. The molecule has 1 N–H and O–H groups in total. The quantitative estimate of drug-likeness (QED) is 0.528. The third-order valence-electron chi connectivity index (χ3n) is 4.30. The van der Waals surface area contributed by atoms with Crippen molar-refractivity contribution in [1.82, 2.24) is 19.9 Å². The van der Waals surface area contributed by atoms with E-state index in [0.29, 0.717) is 29.3 Å². The Balaban J connectivity index is 1.63. The van der Waals surface area contributed by atoms with Crippen molar-refractivity contribution in [2.24, 2.45) is 0 Å². The van der Waals surface area contributed by atoms with Crippen molar-refractivity contribution in [2.75, 3.05) is 7.11 Å². The molecule has 0 spiro atoms. The van der Waals surface area contributed by atoms with Crippen LogP contribution >= 0.6 is 11.6 Å². The Morgan fingerprint density at radius 1 is 1.15 bits per heavy atom. The number of pyridine rings is 3. The van der Waals surface area contributed by atoms with Gasteiger partial charge in [0.25, 0.3) is 0 Å². The molecule has 0 atom stereocenters. The highest BCUT2D eigenvalue weighted by molar-refractivity contribution is 6.29. The fourth-order valence-corrected chi connectivity index (χ4v) is 3.05. The van der Waals surface area contributed by atoms with Crippen LogP contribution in [-0.4, -0.2) is 27.0 Å². The van der Waals surface area contributed by atoms with Crippen molar-refractivity contribution < 1.29 is 9.13 Å². The maximum Gasteiger partial charge on any atom is 0.217 e. The van der Waals surface area contributed by atoms with Crippen molar-refractivity contribution in [1.29, 1.82) is 0 Å². The third kappa shape index (κ3) is 3.75. The van der Waals surface area contributed by atoms with Gasteiger partial charge in [-0.3, -0.25) is 0 Å². The summed E-state index contributed by atoms with van der Waals surface area (Å²) >= 11 is 5.81. The Morgan fingerprint density at radius 2 is 2.04 bits per heavy atom. The molecule has 27 heavy (non-hydrogen) atoms. The van der Waals surface area contributed by atoms with Gasteiger partial charge in [-0.15, -0.1) is 0 Å². The number of fused-ring (bicyclic) bond motifs is 1. The minimum absolute atomic E-state index is 0.383. The monoisotopic (exact) mass is 381 g/mol. The van der Waals surface area contributed by atoms with Gasteiger partial charge < -0.3 is 9.72 Å². The van der Waals surface area contributed by atoms with Gasteiger partial charge in [0, 0.05) is 36.2 Å². The van der Waals surface area contributed by atoms with Crippen molar-refractivity contribution in [3.8, 4) is 5.75 Å². The predicted molar refractivity (Wildman–Crippen MR) is 101 cm³/mol. The number of hydrogen-bond donors (Lipinski definition) is 1. The van der Waals surface area contributed by atoms with E-state index in [1.165, 1.54) is 0 Å². The van der Waals surface area contributed by atoms with Crippen LogP contribution in [0.15, 0.2) is 42.9 Å². The molecule has 0 aliphatic heterocycles. The summed E-state index contributed by atoms with van der Waals surface area (Å²) in [5, 5.41) is 1.33. The zero-order valence-corrected chi connectivity index (χ0v) is 15.2. The van der Waals surface area contributed by atoms with E-state index >= 15 is 0 Å². The van der Waals surface area contributed by atoms with Crippen molar-refractivity contribution in [3.63, 3.8) is 0 Å². The first-order valence-electron chi connectivity index (χ1n) is 8.29. The van der Waals surface area contributed by atoms with Crippen molar-refractivity contribution in [2.45, 2.75) is 12.8 Å². The lowest BCUT2D eigenvalue weighted by Gasteiger charge is -2.06. The summed E-state index contributed by atoms with van der Waals surface area (Å²) in [6.45, 7) is 0. The van der Waals surface area contributed by atoms with Gasteiger partial charge in [-0.25, -0.2) is 15.0 Å². The molecule has 0 aliphatic carbocycles. The highest BCUT2D eigenvalue weighted by atomic mass is 35.5. The van der Waals surface area contributed by atoms with Crippen LogP contribution in [0.25, 0.3) is 11.0 Å². The molecular weight excluding hydrogens is 367 g/mol. The number of rotatable bonds is 5. The molecule has 1 radical (unpaired) electrons. The molecule has 0 amide bonds. The fraction of sp³-hybridized carbons (Fsp3) is 0.150. The van der Waals surface area contributed by atoms with Gasteiger partial charge in [-0.2, -0.15) is 4.39 Å². The Morgan fingerprint density at radius 3 is 2.81 bits per heavy atom. The predicted octanol–water partition coefficient (Wildman–Crippen LogP) is 4.14. The maximum absolute atomic E-state index is 14.3. The van der Waals surface area contributed by atoms with Crippen LogP contribution in [0.5, 0.6) is 5.75 Å². The number of nitrogens with zero attached hydrogens (tertiary/aromatic N) is 3. The van der Waals surface area contributed by atoms with Crippen LogP contribution < -0.4 is 4.74 Å². The fourth-order valence-electron chi connectivity index (χ4n) is 2.94. The van der Waals surface area contributed by atoms with E-state index in [9.17, 15) is 4.39 Å². The molecule has 0 fully saturated rings. The Kier molecular flexibility index (Phi) is 4.73. The van der Waals surface area contributed by atoms with Gasteiger partial charge in [0.15, 0.2) is 0 Å². The molecule has 0 saturated carbocycles. The highest BCUT2D eigenvalue weighted by Crippen LogP contribution is 2.24. The molecule has 7 heteroatoms. The number of aromatic amines is 1. The average molecular weight is 382 g/mol. The lowest BCUT2D eigenvalue weighted by atomic mass is 10.0. The summed E-state index contributed by atoms with van der Waals surface area (Å²) in [7, 11) is 1.59. The van der Waals surface area contributed by atoms with E-state index in [1.54, 1.807) is 31.6 Å². The first-order valence-corrected chi connectivity index (χ1v) is 8.66. The van der Waals surface area contributed by atoms with Gasteiger partial charge in [0.1, 0.15) is 16.5 Å². The SMILES string of the molecule is COc1cnc2[nH]cc(Cc3cc(Cc4ccc(Cl)nc4)[c]nc3F)c2c1. The molecule has 0 aliphatic rings. The summed E-state index contributed by atoms with van der Waals surface area (Å²) in [5.74, 6) is 0.123. The van der Waals surface area contributed by atoms with Gasteiger partial charge in [-0.05, 0) is 34.9 Å². The van der Waals surface area contributed by atoms with E-state index in [0.717, 1.165) is 27.7 Å². The maximum atomic E-state index is 14.3. The first-order chi connectivity index (χ1) is 13.1. The van der Waals surface area contributed by atoms with Gasteiger partial charge in [0.05, 0.1) is 19.5 Å². The number of methoxy groups -OCH3 is 1. The van der Waals surface area contributed by atoms with Crippen molar-refractivity contribution >= 4 is 22.6 Å². The largest absolute Gasteiger partial charge is 0.495 e. The number of nitrogens with one attached hydrogen (secondary N) is 1. The summed E-state index contributed by atoms with van der Waals surface area (Å²) in [6.07, 6.45) is 8.84. The number of H-pyrrole nitrogens is 1. The molecule has 0 aromatic carbocycles. The summed E-state index contributed by atoms with van der Waals surface area (Å²) in [6, 6.07) is 7.27. The molecule has 0 bridgehead atoms. The zero-order valence-electron chi connectivity index (χ0n) is 14.5. The first kappa shape index (κ1) is 17.4. The van der Waals surface area contributed by atoms with E-state index < -0.39 is 5.95 Å². The standard InChI is InChI=1S/C20H15ClFN4O/c1-27-16-7-17-15(10-25-20(17)26-11-16)6-14-5-13(9-24-19(14)22)4-12-2-3-18(21)23-8-12/h2-3,5,7-8,10-11H,4,6H2,1H3,(H,25,26). The van der Waals surface area contributed by atoms with E-state index in [1.807, 2.05) is 18.3 Å². The minimum Gasteiger partial charge on any atom is -0.495 e. The summed E-state index contributed by atoms with van der Waals surface area (Å²) < 4.78 is 19.5. The lowest BCUT2D eigenvalue weighted by Crippen LogP contribution is -2.00. The second kappa shape index (κ2) is 7.32. The molecule has 4 rings (SSSR count). The molecule has 0 saturated heterocycles. The number of halogens is 2. The Bertz CT molecular complexity index is 1100. The Hall–Kier alpha value is -2.99. The van der Waals surface area contributed by atoms with Gasteiger partial charge in [0.2, 0.25) is 5.95 Å². The molecule has 135 valence electrons. The summed E-state index contributed by atoms with van der Waals surface area (Å²) in [5.41, 5.74) is 3.88. The highest BCUT2D eigenvalue weighted by Gasteiger charge is 2.12. The number of hydrogen-bond acceptors (Lipinski definition) is 4. The third-order valence-corrected chi connectivity index (χ3v) is 4.53. The number of ether oxygens (including phenoxy) is 1. The van der Waals surface area contributed by atoms with Crippen LogP contribution in [-0.2, 0) is 12.8 Å². The lowest BCUT2D eigenvalue weighted by molar-refractivity contribution is 0.413. The molecular formula is C20H15ClFN4O. The van der Waals surface area contributed by atoms with Crippen LogP contribution in [0.3, 0.4) is 0 Å². The minimum atomic E-state index is -0.529. The Labute approximate surface area is 160 Å². The van der Waals surface area contributed by atoms with E-state index in [4.69, 9.17) is 16.3 Å².